The molecule has 0 bridgehead atoms. The molecule has 0 heterocycles. The highest BCUT2D eigenvalue weighted by atomic mass is 16.5. The minimum atomic E-state index is 0.513. The molecule has 2 atom stereocenters. The zero-order chi connectivity index (χ0) is 14.0. The Morgan fingerprint density at radius 3 is 2.28 bits per heavy atom. The molecule has 0 spiro atoms. The normalized spacial score (nSPS) is 15.3. The highest BCUT2D eigenvalue weighted by Crippen LogP contribution is 2.10. The van der Waals surface area contributed by atoms with E-state index in [2.05, 4.69) is 44.8 Å². The molecule has 18 heavy (non-hydrogen) atoms. The van der Waals surface area contributed by atoms with Crippen molar-refractivity contribution >= 4 is 0 Å². The van der Waals surface area contributed by atoms with Gasteiger partial charge in [0.2, 0.25) is 0 Å². The van der Waals surface area contributed by atoms with Gasteiger partial charge in [-0.1, -0.05) is 20.8 Å². The quantitative estimate of drug-likeness (QED) is 0.577. The lowest BCUT2D eigenvalue weighted by atomic mass is 10.1. The van der Waals surface area contributed by atoms with Crippen LogP contribution in [-0.4, -0.2) is 50.3 Å². The van der Waals surface area contributed by atoms with Crippen molar-refractivity contribution in [1.29, 1.82) is 0 Å². The Bertz CT molecular complexity index is 185. The Kier molecular flexibility index (Phi) is 10.7. The molecule has 0 aromatic heterocycles. The van der Waals surface area contributed by atoms with E-state index in [9.17, 15) is 0 Å². The van der Waals surface area contributed by atoms with Gasteiger partial charge in [-0.05, 0) is 52.2 Å². The molecular weight excluding hydrogens is 224 g/mol. The van der Waals surface area contributed by atoms with Gasteiger partial charge in [-0.25, -0.2) is 0 Å². The van der Waals surface area contributed by atoms with Gasteiger partial charge in [0.25, 0.3) is 0 Å². The van der Waals surface area contributed by atoms with Crippen LogP contribution >= 0.6 is 0 Å². The first-order chi connectivity index (χ1) is 8.52. The second-order valence-electron chi connectivity index (χ2n) is 5.72. The van der Waals surface area contributed by atoms with E-state index in [0.717, 1.165) is 32.2 Å². The van der Waals surface area contributed by atoms with Gasteiger partial charge in [0.15, 0.2) is 0 Å². The molecule has 0 fully saturated rings. The molecule has 0 aromatic rings. The largest absolute Gasteiger partial charge is 0.383 e. The van der Waals surface area contributed by atoms with Crippen LogP contribution in [0.1, 0.15) is 47.5 Å². The number of nitrogens with one attached hydrogen (secondary N) is 1. The summed E-state index contributed by atoms with van der Waals surface area (Å²) in [5, 5.41) is 3.51. The molecule has 0 saturated heterocycles. The van der Waals surface area contributed by atoms with Crippen LogP contribution < -0.4 is 5.32 Å². The van der Waals surface area contributed by atoms with Crippen molar-refractivity contribution in [2.45, 2.75) is 59.5 Å². The van der Waals surface area contributed by atoms with Crippen molar-refractivity contribution in [2.75, 3.05) is 33.4 Å². The maximum atomic E-state index is 5.25. The van der Waals surface area contributed by atoms with Gasteiger partial charge in [-0.3, -0.25) is 4.90 Å². The van der Waals surface area contributed by atoms with E-state index in [-0.39, 0.29) is 0 Å². The van der Waals surface area contributed by atoms with E-state index in [1.807, 2.05) is 0 Å². The highest BCUT2D eigenvalue weighted by molar-refractivity contribution is 4.72. The number of hydrogen-bond donors (Lipinski definition) is 1. The molecule has 0 rings (SSSR count). The first kappa shape index (κ1) is 17.9. The van der Waals surface area contributed by atoms with Crippen molar-refractivity contribution in [2.24, 2.45) is 5.92 Å². The van der Waals surface area contributed by atoms with Gasteiger partial charge < -0.3 is 10.1 Å². The Balaban J connectivity index is 3.79. The van der Waals surface area contributed by atoms with Crippen LogP contribution in [0.25, 0.3) is 0 Å². The summed E-state index contributed by atoms with van der Waals surface area (Å²) >= 11 is 0. The average molecular weight is 258 g/mol. The van der Waals surface area contributed by atoms with E-state index in [1.54, 1.807) is 7.11 Å². The van der Waals surface area contributed by atoms with Crippen LogP contribution in [0.5, 0.6) is 0 Å². The zero-order valence-electron chi connectivity index (χ0n) is 13.3. The number of likely N-dealkylation sites (N-methyl/N-ethyl adjacent to an activating group) is 1. The second-order valence-corrected chi connectivity index (χ2v) is 5.72. The topological polar surface area (TPSA) is 24.5 Å². The lowest BCUT2D eigenvalue weighted by molar-refractivity contribution is 0.0750. The fourth-order valence-electron chi connectivity index (χ4n) is 2.47. The van der Waals surface area contributed by atoms with Gasteiger partial charge >= 0.3 is 0 Å². The van der Waals surface area contributed by atoms with Crippen molar-refractivity contribution in [3.05, 3.63) is 0 Å². The summed E-state index contributed by atoms with van der Waals surface area (Å²) in [4.78, 5) is 2.53. The fraction of sp³-hybridized carbons (Fsp3) is 1.00. The molecule has 0 saturated carbocycles. The second kappa shape index (κ2) is 10.8. The third kappa shape index (κ3) is 8.06. The summed E-state index contributed by atoms with van der Waals surface area (Å²) in [6, 6.07) is 1.15. The van der Waals surface area contributed by atoms with E-state index < -0.39 is 0 Å². The summed E-state index contributed by atoms with van der Waals surface area (Å²) < 4.78 is 5.25. The number of hydrogen-bond acceptors (Lipinski definition) is 3. The molecule has 0 amide bonds. The molecular formula is C15H34N2O. The van der Waals surface area contributed by atoms with Crippen molar-refractivity contribution in [3.8, 4) is 0 Å². The molecule has 0 aromatic carbocycles. The van der Waals surface area contributed by atoms with E-state index in [4.69, 9.17) is 4.74 Å². The molecule has 0 aliphatic rings. The number of rotatable bonds is 11. The minimum Gasteiger partial charge on any atom is -0.383 e. The monoisotopic (exact) mass is 258 g/mol. The maximum Gasteiger partial charge on any atom is 0.0615 e. The number of nitrogens with zero attached hydrogens (tertiary/aromatic N) is 1. The highest BCUT2D eigenvalue weighted by Gasteiger charge is 2.17. The Hall–Kier alpha value is -0.120. The molecule has 1 N–H and O–H groups in total. The van der Waals surface area contributed by atoms with Crippen LogP contribution in [0.15, 0.2) is 0 Å². The number of methoxy groups -OCH3 is 1. The van der Waals surface area contributed by atoms with Gasteiger partial charge in [0.1, 0.15) is 0 Å². The van der Waals surface area contributed by atoms with Gasteiger partial charge in [0.05, 0.1) is 6.61 Å². The first-order valence-electron chi connectivity index (χ1n) is 7.48. The SMILES string of the molecule is CCN(C(C)CCCNCC(C)C)C(C)COC. The van der Waals surface area contributed by atoms with Crippen LogP contribution in [0.3, 0.4) is 0 Å². The predicted octanol–water partition coefficient (Wildman–Crippen LogP) is 2.76. The number of ether oxygens (including phenoxy) is 1. The molecule has 0 aliphatic heterocycles. The van der Waals surface area contributed by atoms with Crippen molar-refractivity contribution in [1.82, 2.24) is 10.2 Å². The van der Waals surface area contributed by atoms with Crippen LogP contribution in [0.2, 0.25) is 0 Å². The Labute approximate surface area is 114 Å². The zero-order valence-corrected chi connectivity index (χ0v) is 13.3. The molecule has 3 heteroatoms. The maximum absolute atomic E-state index is 5.25. The summed E-state index contributed by atoms with van der Waals surface area (Å²) in [6.45, 7) is 15.5. The minimum absolute atomic E-state index is 0.513. The Morgan fingerprint density at radius 1 is 1.11 bits per heavy atom. The molecule has 2 unspecified atom stereocenters. The van der Waals surface area contributed by atoms with E-state index in [0.29, 0.717) is 12.1 Å². The van der Waals surface area contributed by atoms with E-state index >= 15 is 0 Å². The third-order valence-corrected chi connectivity index (χ3v) is 3.43. The van der Waals surface area contributed by atoms with Crippen molar-refractivity contribution < 1.29 is 4.74 Å². The Morgan fingerprint density at radius 2 is 1.78 bits per heavy atom. The lowest BCUT2D eigenvalue weighted by Gasteiger charge is -2.33. The summed E-state index contributed by atoms with van der Waals surface area (Å²) in [5.74, 6) is 0.747. The molecule has 0 radical (unpaired) electrons. The summed E-state index contributed by atoms with van der Waals surface area (Å²) in [7, 11) is 1.78. The van der Waals surface area contributed by atoms with Gasteiger partial charge in [-0.15, -0.1) is 0 Å². The van der Waals surface area contributed by atoms with E-state index in [1.165, 1.54) is 12.8 Å². The van der Waals surface area contributed by atoms with Crippen LogP contribution in [0, 0.1) is 5.92 Å². The van der Waals surface area contributed by atoms with Gasteiger partial charge in [0, 0.05) is 19.2 Å². The standard InChI is InChI=1S/C15H34N2O/c1-7-17(15(5)12-18-6)14(4)9-8-10-16-11-13(2)3/h13-16H,7-12H2,1-6H3. The predicted molar refractivity (Wildman–Crippen MR) is 80.1 cm³/mol. The summed E-state index contributed by atoms with van der Waals surface area (Å²) in [5.41, 5.74) is 0. The summed E-state index contributed by atoms with van der Waals surface area (Å²) in [6.07, 6.45) is 2.51. The molecule has 0 aliphatic carbocycles. The molecule has 3 nitrogen and oxygen atoms in total. The average Bonchev–Trinajstić information content (AvgIpc) is 2.29. The lowest BCUT2D eigenvalue weighted by Crippen LogP contribution is -2.42. The van der Waals surface area contributed by atoms with Crippen LogP contribution in [0.4, 0.5) is 0 Å². The third-order valence-electron chi connectivity index (χ3n) is 3.43. The smallest absolute Gasteiger partial charge is 0.0615 e. The van der Waals surface area contributed by atoms with Crippen LogP contribution in [-0.2, 0) is 4.74 Å². The first-order valence-corrected chi connectivity index (χ1v) is 7.48. The van der Waals surface area contributed by atoms with Crippen molar-refractivity contribution in [3.63, 3.8) is 0 Å². The molecule has 110 valence electrons. The fourth-order valence-corrected chi connectivity index (χ4v) is 2.47. The van der Waals surface area contributed by atoms with Gasteiger partial charge in [-0.2, -0.15) is 0 Å².